The van der Waals surface area contributed by atoms with Crippen LogP contribution >= 0.6 is 0 Å². The van der Waals surface area contributed by atoms with E-state index >= 15 is 0 Å². The summed E-state index contributed by atoms with van der Waals surface area (Å²) in [4.78, 5) is 6.76. The van der Waals surface area contributed by atoms with Gasteiger partial charge in [-0.1, -0.05) is 6.92 Å². The maximum atomic E-state index is 11.8. The Morgan fingerprint density at radius 3 is 3.00 bits per heavy atom. The van der Waals surface area contributed by atoms with Crippen LogP contribution < -0.4 is 10.2 Å². The number of pyridine rings is 1. The van der Waals surface area contributed by atoms with Gasteiger partial charge in [-0.2, -0.15) is 0 Å². The minimum atomic E-state index is -3.24. The average molecular weight is 283 g/mol. The molecule has 0 spiro atoms. The van der Waals surface area contributed by atoms with E-state index in [1.165, 1.54) is 6.26 Å². The molecular weight excluding hydrogens is 262 g/mol. The first-order valence-electron chi connectivity index (χ1n) is 6.66. The van der Waals surface area contributed by atoms with Crippen LogP contribution in [0, 0.1) is 0 Å². The molecule has 0 aliphatic carbocycles. The molecule has 19 heavy (non-hydrogen) atoms. The average Bonchev–Trinajstić information content (AvgIpc) is 2.83. The zero-order valence-electron chi connectivity index (χ0n) is 11.5. The minimum absolute atomic E-state index is 0.329. The van der Waals surface area contributed by atoms with Crippen molar-refractivity contribution >= 4 is 15.7 Å². The molecule has 0 aromatic carbocycles. The predicted octanol–water partition coefficient (Wildman–Crippen LogP) is 1.06. The first-order valence-corrected chi connectivity index (χ1v) is 8.55. The van der Waals surface area contributed by atoms with E-state index in [4.69, 9.17) is 0 Å². The highest BCUT2D eigenvalue weighted by Gasteiger charge is 2.28. The SMILES string of the molecule is CCNCC1CCCN1c1ncccc1S(C)(=O)=O. The lowest BCUT2D eigenvalue weighted by atomic mass is 10.2. The molecule has 0 amide bonds. The molecule has 1 aliphatic heterocycles. The number of hydrogen-bond acceptors (Lipinski definition) is 5. The number of anilines is 1. The van der Waals surface area contributed by atoms with Crippen molar-refractivity contribution in [2.45, 2.75) is 30.7 Å². The van der Waals surface area contributed by atoms with E-state index in [2.05, 4.69) is 22.1 Å². The lowest BCUT2D eigenvalue weighted by Crippen LogP contribution is -2.39. The van der Waals surface area contributed by atoms with Crippen LogP contribution in [-0.2, 0) is 9.84 Å². The standard InChI is InChI=1S/C13H21N3O2S/c1-3-14-10-11-6-5-9-16(11)13-12(19(2,17)18)7-4-8-15-13/h4,7-8,11,14H,3,5-6,9-10H2,1-2H3. The zero-order chi connectivity index (χ0) is 13.9. The third kappa shape index (κ3) is 3.25. The third-order valence-electron chi connectivity index (χ3n) is 3.43. The number of nitrogens with one attached hydrogen (secondary N) is 1. The van der Waals surface area contributed by atoms with Gasteiger partial charge in [0.15, 0.2) is 9.84 Å². The van der Waals surface area contributed by atoms with Crippen LogP contribution in [0.4, 0.5) is 5.82 Å². The molecule has 106 valence electrons. The summed E-state index contributed by atoms with van der Waals surface area (Å²) < 4.78 is 23.7. The topological polar surface area (TPSA) is 62.3 Å². The van der Waals surface area contributed by atoms with Crippen molar-refractivity contribution in [2.24, 2.45) is 0 Å². The molecule has 1 aromatic rings. The van der Waals surface area contributed by atoms with E-state index in [1.807, 2.05) is 0 Å². The molecule has 1 aliphatic rings. The second-order valence-corrected chi connectivity index (χ2v) is 6.88. The Kier molecular flexibility index (Phi) is 4.42. The van der Waals surface area contributed by atoms with Crippen LogP contribution in [0.2, 0.25) is 0 Å². The fraction of sp³-hybridized carbons (Fsp3) is 0.615. The van der Waals surface area contributed by atoms with Gasteiger partial charge in [-0.05, 0) is 31.5 Å². The summed E-state index contributed by atoms with van der Waals surface area (Å²) in [6.45, 7) is 4.74. The van der Waals surface area contributed by atoms with Crippen LogP contribution in [0.15, 0.2) is 23.2 Å². The van der Waals surface area contributed by atoms with Crippen LogP contribution in [0.5, 0.6) is 0 Å². The van der Waals surface area contributed by atoms with E-state index in [1.54, 1.807) is 18.3 Å². The molecule has 2 rings (SSSR count). The molecule has 0 radical (unpaired) electrons. The molecule has 5 nitrogen and oxygen atoms in total. The van der Waals surface area contributed by atoms with Gasteiger partial charge in [0, 0.05) is 31.6 Å². The molecule has 1 aromatic heterocycles. The number of rotatable bonds is 5. The number of nitrogens with zero attached hydrogens (tertiary/aromatic N) is 2. The Labute approximate surface area is 114 Å². The molecule has 1 fully saturated rings. The fourth-order valence-corrected chi connectivity index (χ4v) is 3.35. The van der Waals surface area contributed by atoms with Crippen molar-refractivity contribution in [3.8, 4) is 0 Å². The molecule has 0 bridgehead atoms. The van der Waals surface area contributed by atoms with Crippen molar-refractivity contribution < 1.29 is 8.42 Å². The summed E-state index contributed by atoms with van der Waals surface area (Å²) in [5.74, 6) is 0.602. The maximum absolute atomic E-state index is 11.8. The van der Waals surface area contributed by atoms with E-state index in [-0.39, 0.29) is 0 Å². The summed E-state index contributed by atoms with van der Waals surface area (Å²) in [6, 6.07) is 3.64. The van der Waals surface area contributed by atoms with Crippen molar-refractivity contribution in [1.82, 2.24) is 10.3 Å². The lowest BCUT2D eigenvalue weighted by molar-refractivity contribution is 0.579. The van der Waals surface area contributed by atoms with Crippen LogP contribution in [0.25, 0.3) is 0 Å². The molecule has 1 atom stereocenters. The number of hydrogen-bond donors (Lipinski definition) is 1. The first kappa shape index (κ1) is 14.3. The Morgan fingerprint density at radius 1 is 1.53 bits per heavy atom. The smallest absolute Gasteiger partial charge is 0.179 e. The summed E-state index contributed by atoms with van der Waals surface area (Å²) in [5.41, 5.74) is 0. The van der Waals surface area contributed by atoms with E-state index in [0.717, 1.165) is 32.5 Å². The Hall–Kier alpha value is -1.14. The number of aromatic nitrogens is 1. The van der Waals surface area contributed by atoms with Crippen molar-refractivity contribution in [1.29, 1.82) is 0 Å². The van der Waals surface area contributed by atoms with Crippen LogP contribution in [0.3, 0.4) is 0 Å². The van der Waals surface area contributed by atoms with Gasteiger partial charge in [0.25, 0.3) is 0 Å². The first-order chi connectivity index (χ1) is 9.04. The van der Waals surface area contributed by atoms with Crippen molar-refractivity contribution in [2.75, 3.05) is 30.8 Å². The second-order valence-electron chi connectivity index (χ2n) is 4.89. The Bertz CT molecular complexity index is 530. The molecular formula is C13H21N3O2S. The van der Waals surface area contributed by atoms with Crippen LogP contribution in [0.1, 0.15) is 19.8 Å². The molecule has 1 saturated heterocycles. The number of sulfone groups is 1. The van der Waals surface area contributed by atoms with E-state index < -0.39 is 9.84 Å². The molecule has 1 N–H and O–H groups in total. The van der Waals surface area contributed by atoms with Gasteiger partial charge in [0.05, 0.1) is 0 Å². The van der Waals surface area contributed by atoms with Gasteiger partial charge in [0.2, 0.25) is 0 Å². The normalized spacial score (nSPS) is 19.9. The minimum Gasteiger partial charge on any atom is -0.351 e. The molecule has 6 heteroatoms. The molecule has 1 unspecified atom stereocenters. The summed E-state index contributed by atoms with van der Waals surface area (Å²) in [5, 5.41) is 3.33. The van der Waals surface area contributed by atoms with E-state index in [0.29, 0.717) is 16.8 Å². The fourth-order valence-electron chi connectivity index (χ4n) is 2.53. The zero-order valence-corrected chi connectivity index (χ0v) is 12.3. The Morgan fingerprint density at radius 2 is 2.32 bits per heavy atom. The van der Waals surface area contributed by atoms with Gasteiger partial charge in [-0.15, -0.1) is 0 Å². The van der Waals surface area contributed by atoms with Gasteiger partial charge in [0.1, 0.15) is 10.7 Å². The van der Waals surface area contributed by atoms with Crippen molar-refractivity contribution in [3.05, 3.63) is 18.3 Å². The molecule has 2 heterocycles. The highest BCUT2D eigenvalue weighted by molar-refractivity contribution is 7.90. The second kappa shape index (κ2) is 5.88. The Balaban J connectivity index is 2.31. The quantitative estimate of drug-likeness (QED) is 0.875. The van der Waals surface area contributed by atoms with Gasteiger partial charge in [-0.3, -0.25) is 0 Å². The highest BCUT2D eigenvalue weighted by atomic mass is 32.2. The van der Waals surface area contributed by atoms with E-state index in [9.17, 15) is 8.42 Å². The number of likely N-dealkylation sites (N-methyl/N-ethyl adjacent to an activating group) is 1. The maximum Gasteiger partial charge on any atom is 0.179 e. The predicted molar refractivity (Wildman–Crippen MR) is 76.3 cm³/mol. The monoisotopic (exact) mass is 283 g/mol. The highest BCUT2D eigenvalue weighted by Crippen LogP contribution is 2.28. The van der Waals surface area contributed by atoms with Gasteiger partial charge >= 0.3 is 0 Å². The third-order valence-corrected chi connectivity index (χ3v) is 4.55. The largest absolute Gasteiger partial charge is 0.351 e. The van der Waals surface area contributed by atoms with Gasteiger partial charge in [-0.25, -0.2) is 13.4 Å². The lowest BCUT2D eigenvalue weighted by Gasteiger charge is -2.27. The van der Waals surface area contributed by atoms with Gasteiger partial charge < -0.3 is 10.2 Å². The van der Waals surface area contributed by atoms with Crippen molar-refractivity contribution in [3.63, 3.8) is 0 Å². The molecule has 0 saturated carbocycles. The summed E-state index contributed by atoms with van der Waals surface area (Å²) >= 11 is 0. The summed E-state index contributed by atoms with van der Waals surface area (Å²) in [7, 11) is -3.24. The summed E-state index contributed by atoms with van der Waals surface area (Å²) in [6.07, 6.45) is 5.05. The van der Waals surface area contributed by atoms with Crippen LogP contribution in [-0.4, -0.2) is 45.3 Å².